The van der Waals surface area contributed by atoms with Gasteiger partial charge in [0.2, 0.25) is 0 Å². The number of halogens is 2. The van der Waals surface area contributed by atoms with Crippen molar-refractivity contribution in [3.8, 4) is 6.07 Å². The highest BCUT2D eigenvalue weighted by molar-refractivity contribution is 14.1. The van der Waals surface area contributed by atoms with Crippen LogP contribution in [-0.2, 0) is 0 Å². The Morgan fingerprint density at radius 2 is 2.36 bits per heavy atom. The molecule has 1 aromatic rings. The Morgan fingerprint density at radius 1 is 1.64 bits per heavy atom. The molecule has 14 heavy (non-hydrogen) atoms. The first-order valence-electron chi connectivity index (χ1n) is 3.21. The molecular weight excluding hydrogens is 318 g/mol. The molecule has 0 radical (unpaired) electrons. The molecule has 1 heterocycles. The molecule has 0 saturated heterocycles. The number of rotatable bonds is 2. The third-order valence-electron chi connectivity index (χ3n) is 1.23. The van der Waals surface area contributed by atoms with Crippen LogP contribution in [0.5, 0.6) is 0 Å². The molecule has 0 saturated carbocycles. The minimum atomic E-state index is -0.326. The Bertz CT molecular complexity index is 436. The fraction of sp³-hybridized carbons (Fsp3) is 0. The number of nitrogens with one attached hydrogen (secondary N) is 1. The molecule has 0 spiro atoms. The van der Waals surface area contributed by atoms with Crippen molar-refractivity contribution < 1.29 is 0 Å². The van der Waals surface area contributed by atoms with Crippen LogP contribution in [0.1, 0.15) is 11.4 Å². The third kappa shape index (κ3) is 2.21. The van der Waals surface area contributed by atoms with E-state index >= 15 is 0 Å². The van der Waals surface area contributed by atoms with E-state index in [-0.39, 0.29) is 22.2 Å². The van der Waals surface area contributed by atoms with Crippen LogP contribution in [0.2, 0.25) is 0 Å². The average Bonchev–Trinajstić information content (AvgIpc) is 2.18. The maximum Gasteiger partial charge on any atom is 0.192 e. The van der Waals surface area contributed by atoms with E-state index in [0.717, 1.165) is 0 Å². The molecule has 8 heteroatoms. The topological polar surface area (TPSA) is 98.7 Å². The zero-order valence-electron chi connectivity index (χ0n) is 6.57. The molecule has 0 aliphatic carbocycles. The van der Waals surface area contributed by atoms with E-state index in [2.05, 4.69) is 20.4 Å². The monoisotopic (exact) mass is 320 g/mol. The number of hydrogen-bond donors (Lipinski definition) is 1. The summed E-state index contributed by atoms with van der Waals surface area (Å²) < 4.78 is 1.43. The zero-order chi connectivity index (χ0) is 10.6. The lowest BCUT2D eigenvalue weighted by molar-refractivity contribution is 0.848. The summed E-state index contributed by atoms with van der Waals surface area (Å²) in [7, 11) is 0. The highest BCUT2D eigenvalue weighted by Crippen LogP contribution is 2.20. The summed E-state index contributed by atoms with van der Waals surface area (Å²) in [6, 6.07) is 1.79. The molecule has 0 bridgehead atoms. The van der Waals surface area contributed by atoms with Crippen molar-refractivity contribution in [1.29, 1.82) is 10.7 Å². The van der Waals surface area contributed by atoms with Crippen molar-refractivity contribution in [2.24, 2.45) is 4.99 Å². The van der Waals surface area contributed by atoms with Crippen molar-refractivity contribution in [2.75, 3.05) is 0 Å². The quantitative estimate of drug-likeness (QED) is 0.657. The van der Waals surface area contributed by atoms with Crippen molar-refractivity contribution in [1.82, 2.24) is 15.4 Å². The van der Waals surface area contributed by atoms with Crippen LogP contribution in [0, 0.1) is 16.7 Å². The normalized spacial score (nSPS) is 10.1. The first kappa shape index (κ1) is 10.9. The van der Waals surface area contributed by atoms with Crippen molar-refractivity contribution in [2.45, 2.75) is 0 Å². The maximum absolute atomic E-state index is 8.68. The standard InChI is InChI=1S/C6H2ClIN6/c7-6(10)5-4(11-2-8)3(1-9)12-14-13-5/h2,10H/b10-6?,11-2-. The van der Waals surface area contributed by atoms with Gasteiger partial charge in [-0.2, -0.15) is 5.26 Å². The van der Waals surface area contributed by atoms with Crippen molar-refractivity contribution in [3.63, 3.8) is 0 Å². The first-order valence-corrected chi connectivity index (χ1v) is 4.83. The molecule has 70 valence electrons. The van der Waals surface area contributed by atoms with Crippen molar-refractivity contribution in [3.05, 3.63) is 11.4 Å². The van der Waals surface area contributed by atoms with Crippen LogP contribution in [0.25, 0.3) is 0 Å². The second-order valence-electron chi connectivity index (χ2n) is 1.99. The number of aliphatic imine (C=N–C) groups is 1. The lowest BCUT2D eigenvalue weighted by atomic mass is 10.3. The molecule has 0 fully saturated rings. The first-order chi connectivity index (χ1) is 6.70. The van der Waals surface area contributed by atoms with Crippen molar-refractivity contribution >= 4 is 49.3 Å². The van der Waals surface area contributed by atoms with Gasteiger partial charge in [0.05, 0.1) is 4.22 Å². The van der Waals surface area contributed by atoms with E-state index in [4.69, 9.17) is 22.3 Å². The smallest absolute Gasteiger partial charge is 0.192 e. The lowest BCUT2D eigenvalue weighted by Gasteiger charge is -1.99. The summed E-state index contributed by atoms with van der Waals surface area (Å²) in [6.07, 6.45) is 0. The van der Waals surface area contributed by atoms with E-state index in [0.29, 0.717) is 0 Å². The van der Waals surface area contributed by atoms with Gasteiger partial charge in [-0.05, 0) is 27.8 Å². The molecule has 1 rings (SSSR count). The second kappa shape index (κ2) is 4.92. The third-order valence-corrected chi connectivity index (χ3v) is 1.69. The fourth-order valence-corrected chi connectivity index (χ4v) is 1.12. The zero-order valence-corrected chi connectivity index (χ0v) is 9.48. The van der Waals surface area contributed by atoms with Gasteiger partial charge in [-0.25, -0.2) is 4.99 Å². The SMILES string of the molecule is N#Cc1nnnc(C(=N)Cl)c1/N=C\I. The van der Waals surface area contributed by atoms with Gasteiger partial charge in [-0.3, -0.25) is 5.41 Å². The van der Waals surface area contributed by atoms with Gasteiger partial charge in [0.15, 0.2) is 16.6 Å². The van der Waals surface area contributed by atoms with Crippen LogP contribution < -0.4 is 0 Å². The Balaban J connectivity index is 3.45. The molecule has 1 N–H and O–H groups in total. The average molecular weight is 320 g/mol. The van der Waals surface area contributed by atoms with Crippen LogP contribution in [-0.4, -0.2) is 24.8 Å². The van der Waals surface area contributed by atoms with Crippen LogP contribution in [0.15, 0.2) is 4.99 Å². The molecular formula is C6H2ClIN6. The Kier molecular flexibility index (Phi) is 3.84. The summed E-state index contributed by atoms with van der Waals surface area (Å²) in [6.45, 7) is 0. The maximum atomic E-state index is 8.68. The number of hydrogen-bond acceptors (Lipinski definition) is 6. The van der Waals surface area contributed by atoms with Gasteiger partial charge in [-0.1, -0.05) is 11.6 Å². The minimum absolute atomic E-state index is 0.00619. The summed E-state index contributed by atoms with van der Waals surface area (Å²) in [5.41, 5.74) is 0.205. The molecule has 0 amide bonds. The highest BCUT2D eigenvalue weighted by Gasteiger charge is 2.13. The second-order valence-corrected chi connectivity index (χ2v) is 2.92. The van der Waals surface area contributed by atoms with E-state index in [9.17, 15) is 0 Å². The Hall–Kier alpha value is -1.14. The molecule has 0 aromatic carbocycles. The Morgan fingerprint density at radius 3 is 2.86 bits per heavy atom. The van der Waals surface area contributed by atoms with E-state index < -0.39 is 0 Å². The van der Waals surface area contributed by atoms with Gasteiger partial charge >= 0.3 is 0 Å². The van der Waals surface area contributed by atoms with Crippen LogP contribution in [0.3, 0.4) is 0 Å². The molecule has 0 unspecified atom stereocenters. The fourth-order valence-electron chi connectivity index (χ4n) is 0.713. The lowest BCUT2D eigenvalue weighted by Crippen LogP contribution is -2.02. The van der Waals surface area contributed by atoms with E-state index in [1.807, 2.05) is 22.6 Å². The molecule has 6 nitrogen and oxygen atoms in total. The molecule has 1 aromatic heterocycles. The minimum Gasteiger partial charge on any atom is -0.287 e. The molecule has 0 atom stereocenters. The number of nitriles is 1. The summed E-state index contributed by atoms with van der Waals surface area (Å²) in [5.74, 6) is 0. The summed E-state index contributed by atoms with van der Waals surface area (Å²) in [5, 5.41) is 25.8. The highest BCUT2D eigenvalue weighted by atomic mass is 127. The van der Waals surface area contributed by atoms with Gasteiger partial charge in [0.25, 0.3) is 0 Å². The predicted molar refractivity (Wildman–Crippen MR) is 59.4 cm³/mol. The van der Waals surface area contributed by atoms with E-state index in [1.54, 1.807) is 6.07 Å². The summed E-state index contributed by atoms with van der Waals surface area (Å²) >= 11 is 7.31. The molecule has 0 aliphatic rings. The molecule has 0 aliphatic heterocycles. The number of nitrogens with zero attached hydrogens (tertiary/aromatic N) is 5. The van der Waals surface area contributed by atoms with Gasteiger partial charge in [-0.15, -0.1) is 10.2 Å². The number of aromatic nitrogens is 3. The van der Waals surface area contributed by atoms with Gasteiger partial charge in [0.1, 0.15) is 11.8 Å². The van der Waals surface area contributed by atoms with Crippen LogP contribution in [0.4, 0.5) is 5.69 Å². The van der Waals surface area contributed by atoms with Gasteiger partial charge < -0.3 is 0 Å². The Labute approximate surface area is 97.7 Å². The van der Waals surface area contributed by atoms with E-state index in [1.165, 1.54) is 4.22 Å². The van der Waals surface area contributed by atoms with Crippen LogP contribution >= 0.6 is 34.2 Å². The predicted octanol–water partition coefficient (Wildman–Crippen LogP) is 1.40. The largest absolute Gasteiger partial charge is 0.287 e. The van der Waals surface area contributed by atoms with Gasteiger partial charge in [0, 0.05) is 0 Å². The summed E-state index contributed by atoms with van der Waals surface area (Å²) in [4.78, 5) is 3.85.